The maximum Gasteiger partial charge on any atom is 0.0804 e. The lowest BCUT2D eigenvalue weighted by Crippen LogP contribution is -2.10. The smallest absolute Gasteiger partial charge is 0.0804 e. The van der Waals surface area contributed by atoms with E-state index in [2.05, 4.69) is 183 Å². The first-order chi connectivity index (χ1) is 23.5. The summed E-state index contributed by atoms with van der Waals surface area (Å²) in [6, 6.07) is 52.2. The molecule has 0 saturated carbocycles. The fraction of sp³-hybridized carbons (Fsp3) is 0.133. The van der Waals surface area contributed by atoms with E-state index in [1.807, 2.05) is 6.21 Å². The zero-order valence-electron chi connectivity index (χ0n) is 28.2. The molecule has 7 rings (SSSR count). The van der Waals surface area contributed by atoms with Gasteiger partial charge in [-0.3, -0.25) is 0 Å². The Morgan fingerprint density at radius 2 is 0.917 bits per heavy atom. The molecule has 48 heavy (non-hydrogen) atoms. The lowest BCUT2D eigenvalue weighted by Gasteiger charge is -2.25. The highest BCUT2D eigenvalue weighted by atomic mass is 15.4. The lowest BCUT2D eigenvalue weighted by atomic mass is 9.96. The van der Waals surface area contributed by atoms with E-state index in [1.54, 1.807) is 0 Å². The van der Waals surface area contributed by atoms with Crippen molar-refractivity contribution in [3.05, 3.63) is 173 Å². The molecule has 0 amide bonds. The Balaban J connectivity index is 1.36. The van der Waals surface area contributed by atoms with E-state index in [9.17, 15) is 0 Å². The van der Waals surface area contributed by atoms with Gasteiger partial charge in [-0.1, -0.05) is 122 Å². The molecule has 0 atom stereocenters. The van der Waals surface area contributed by atoms with Gasteiger partial charge in [0.05, 0.1) is 17.6 Å². The molecule has 0 aliphatic carbocycles. The molecule has 6 aromatic carbocycles. The summed E-state index contributed by atoms with van der Waals surface area (Å²) in [7, 11) is 0. The van der Waals surface area contributed by atoms with E-state index in [4.69, 9.17) is 5.10 Å². The van der Waals surface area contributed by atoms with Crippen LogP contribution < -0.4 is 4.90 Å². The summed E-state index contributed by atoms with van der Waals surface area (Å²) >= 11 is 0. The number of rotatable bonds is 9. The highest BCUT2D eigenvalue weighted by molar-refractivity contribution is 6.06. The molecule has 1 heterocycles. The maximum absolute atomic E-state index is 5.27. The summed E-state index contributed by atoms with van der Waals surface area (Å²) in [5.74, 6) is 0. The molecule has 0 unspecified atom stereocenters. The molecular weight excluding hydrogens is 583 g/mol. The minimum absolute atomic E-state index is 0.997. The van der Waals surface area contributed by atoms with E-state index in [0.29, 0.717) is 0 Å². The van der Waals surface area contributed by atoms with Gasteiger partial charge in [-0.15, -0.1) is 0 Å². The van der Waals surface area contributed by atoms with Gasteiger partial charge in [0, 0.05) is 39.0 Å². The number of benzene rings is 6. The number of aryl methyl sites for hydroxylation is 4. The fourth-order valence-electron chi connectivity index (χ4n) is 6.61. The summed E-state index contributed by atoms with van der Waals surface area (Å²) in [6.45, 7) is 8.75. The average molecular weight is 624 g/mol. The minimum Gasteiger partial charge on any atom is -0.311 e. The molecule has 0 saturated heterocycles. The van der Waals surface area contributed by atoms with Gasteiger partial charge >= 0.3 is 0 Å². The normalized spacial score (nSPS) is 11.4. The number of aromatic nitrogens is 1. The highest BCUT2D eigenvalue weighted by Crippen LogP contribution is 2.41. The van der Waals surface area contributed by atoms with Crippen molar-refractivity contribution in [1.29, 1.82) is 0 Å². The van der Waals surface area contributed by atoms with Crippen LogP contribution in [0.4, 0.5) is 17.1 Å². The van der Waals surface area contributed by atoms with Crippen molar-refractivity contribution in [2.24, 2.45) is 5.10 Å². The monoisotopic (exact) mass is 623 g/mol. The van der Waals surface area contributed by atoms with E-state index >= 15 is 0 Å². The van der Waals surface area contributed by atoms with Crippen molar-refractivity contribution < 1.29 is 0 Å². The first-order valence-electron chi connectivity index (χ1n) is 16.9. The second kappa shape index (κ2) is 13.6. The van der Waals surface area contributed by atoms with Gasteiger partial charge in [0.15, 0.2) is 0 Å². The molecule has 0 bridgehead atoms. The van der Waals surface area contributed by atoms with Crippen LogP contribution in [0.5, 0.6) is 0 Å². The van der Waals surface area contributed by atoms with E-state index in [-0.39, 0.29) is 0 Å². The number of fused-ring (bicyclic) bond motifs is 1. The molecule has 3 heteroatoms. The van der Waals surface area contributed by atoms with Gasteiger partial charge < -0.3 is 4.90 Å². The summed E-state index contributed by atoms with van der Waals surface area (Å²) < 4.78 is 2.16. The number of hydrogen-bond acceptors (Lipinski definition) is 2. The van der Waals surface area contributed by atoms with Crippen molar-refractivity contribution in [2.45, 2.75) is 40.5 Å². The Kier molecular flexibility index (Phi) is 8.76. The van der Waals surface area contributed by atoms with Crippen LogP contribution in [0.3, 0.4) is 0 Å². The van der Waals surface area contributed by atoms with Gasteiger partial charge in [0.1, 0.15) is 0 Å². The number of hydrogen-bond donors (Lipinski definition) is 0. The topological polar surface area (TPSA) is 20.5 Å². The third-order valence-corrected chi connectivity index (χ3v) is 9.19. The summed E-state index contributed by atoms with van der Waals surface area (Å²) in [6.07, 6.45) is 3.99. The average Bonchev–Trinajstić information content (AvgIpc) is 3.45. The Morgan fingerprint density at radius 1 is 0.521 bits per heavy atom. The zero-order valence-corrected chi connectivity index (χ0v) is 28.2. The second-order valence-corrected chi connectivity index (χ2v) is 12.5. The molecule has 0 aliphatic heterocycles. The standard InChI is InChI=1S/C45H41N3/c1-5-35-29-42-43(30-36(35)6-2)45(38-15-11-8-12-16-38)48(44(42)37-13-9-7-10-14-37)46-31-34-21-27-41(28-22-34)47(39-23-17-32(3)18-24-39)40-25-19-33(4)20-26-40/h7-31H,5-6H2,1-4H3. The van der Waals surface area contributed by atoms with Crippen LogP contribution in [0, 0.1) is 13.8 Å². The quantitative estimate of drug-likeness (QED) is 0.147. The maximum atomic E-state index is 5.27. The summed E-state index contributed by atoms with van der Waals surface area (Å²) in [5.41, 5.74) is 14.2. The van der Waals surface area contributed by atoms with Crippen LogP contribution >= 0.6 is 0 Å². The Hall–Kier alpha value is -5.67. The molecule has 236 valence electrons. The molecular formula is C45H41N3. The number of nitrogens with zero attached hydrogens (tertiary/aromatic N) is 3. The Bertz CT molecular complexity index is 2040. The third-order valence-electron chi connectivity index (χ3n) is 9.19. The first kappa shape index (κ1) is 31.0. The SMILES string of the molecule is CCc1cc2c(-c3ccccc3)n(N=Cc3ccc(N(c4ccc(C)cc4)c4ccc(C)cc4)cc3)c(-c3ccccc3)c2cc1CC. The van der Waals surface area contributed by atoms with Crippen molar-refractivity contribution in [3.8, 4) is 22.5 Å². The van der Waals surface area contributed by atoms with Gasteiger partial charge in [-0.2, -0.15) is 5.10 Å². The van der Waals surface area contributed by atoms with Gasteiger partial charge in [-0.25, -0.2) is 4.68 Å². The van der Waals surface area contributed by atoms with E-state index < -0.39 is 0 Å². The molecule has 0 aliphatic rings. The van der Waals surface area contributed by atoms with Crippen molar-refractivity contribution in [3.63, 3.8) is 0 Å². The van der Waals surface area contributed by atoms with Crippen LogP contribution in [0.2, 0.25) is 0 Å². The minimum atomic E-state index is 0.997. The zero-order chi connectivity index (χ0) is 33.0. The van der Waals surface area contributed by atoms with Crippen LogP contribution in [0.15, 0.2) is 151 Å². The van der Waals surface area contributed by atoms with E-state index in [0.717, 1.165) is 58.0 Å². The lowest BCUT2D eigenvalue weighted by molar-refractivity contribution is 0.917. The summed E-state index contributed by atoms with van der Waals surface area (Å²) in [5, 5.41) is 7.73. The van der Waals surface area contributed by atoms with Crippen molar-refractivity contribution in [2.75, 3.05) is 4.90 Å². The predicted octanol–water partition coefficient (Wildman–Crippen LogP) is 12.1. The predicted molar refractivity (Wildman–Crippen MR) is 205 cm³/mol. The van der Waals surface area contributed by atoms with Crippen LogP contribution in [-0.2, 0) is 12.8 Å². The summed E-state index contributed by atoms with van der Waals surface area (Å²) in [4.78, 5) is 2.30. The van der Waals surface area contributed by atoms with E-state index in [1.165, 1.54) is 33.0 Å². The first-order valence-corrected chi connectivity index (χ1v) is 16.9. The van der Waals surface area contributed by atoms with Gasteiger partial charge in [-0.05, 0) is 91.9 Å². The Labute approximate surface area is 284 Å². The number of anilines is 3. The van der Waals surface area contributed by atoms with Gasteiger partial charge in [0.25, 0.3) is 0 Å². The molecule has 0 N–H and O–H groups in total. The van der Waals surface area contributed by atoms with Crippen LogP contribution in [0.1, 0.15) is 41.7 Å². The van der Waals surface area contributed by atoms with Crippen LogP contribution in [0.25, 0.3) is 33.3 Å². The molecule has 7 aromatic rings. The second-order valence-electron chi connectivity index (χ2n) is 12.5. The van der Waals surface area contributed by atoms with Crippen LogP contribution in [-0.4, -0.2) is 10.9 Å². The molecule has 1 aromatic heterocycles. The molecule has 3 nitrogen and oxygen atoms in total. The molecule has 0 fully saturated rings. The highest BCUT2D eigenvalue weighted by Gasteiger charge is 2.21. The largest absolute Gasteiger partial charge is 0.311 e. The van der Waals surface area contributed by atoms with Gasteiger partial charge in [0.2, 0.25) is 0 Å². The van der Waals surface area contributed by atoms with Crippen molar-refractivity contribution in [1.82, 2.24) is 4.68 Å². The molecule has 0 radical (unpaired) electrons. The molecule has 0 spiro atoms. The third kappa shape index (κ3) is 6.08. The van der Waals surface area contributed by atoms with Crippen molar-refractivity contribution >= 4 is 34.0 Å². The Morgan fingerprint density at radius 3 is 1.31 bits per heavy atom. The fourth-order valence-corrected chi connectivity index (χ4v) is 6.61.